The van der Waals surface area contributed by atoms with E-state index < -0.39 is 0 Å². The zero-order valence-electron chi connectivity index (χ0n) is 14.6. The number of carbonyl (C=O) groups is 1. The van der Waals surface area contributed by atoms with E-state index in [4.69, 9.17) is 13.4 Å². The molecule has 2 saturated carbocycles. The van der Waals surface area contributed by atoms with Crippen molar-refractivity contribution in [1.82, 2.24) is 10.1 Å². The van der Waals surface area contributed by atoms with Gasteiger partial charge < -0.3 is 18.3 Å². The third-order valence-electron chi connectivity index (χ3n) is 5.23. The molecule has 0 spiro atoms. The number of aromatic nitrogens is 1. The molecule has 0 aliphatic heterocycles. The highest BCUT2D eigenvalue weighted by Gasteiger charge is 2.38. The van der Waals surface area contributed by atoms with Crippen molar-refractivity contribution in [1.29, 1.82) is 0 Å². The lowest BCUT2D eigenvalue weighted by atomic mass is 10.2. The summed E-state index contributed by atoms with van der Waals surface area (Å²) in [6, 6.07) is 9.46. The smallest absolute Gasteiger partial charge is 0.276 e. The van der Waals surface area contributed by atoms with Crippen molar-refractivity contribution >= 4 is 5.91 Å². The molecule has 6 nitrogen and oxygen atoms in total. The zero-order chi connectivity index (χ0) is 17.7. The van der Waals surface area contributed by atoms with Gasteiger partial charge in [-0.05, 0) is 49.4 Å². The Kier molecular flexibility index (Phi) is 3.51. The second-order valence-electron chi connectivity index (χ2n) is 7.34. The number of rotatable bonds is 6. The number of carbonyl (C=O) groups excluding carboxylic acids is 1. The maximum absolute atomic E-state index is 12.9. The van der Waals surface area contributed by atoms with E-state index in [1.54, 1.807) is 24.5 Å². The second-order valence-corrected chi connectivity index (χ2v) is 7.34. The van der Waals surface area contributed by atoms with E-state index in [0.717, 1.165) is 24.4 Å². The van der Waals surface area contributed by atoms with Gasteiger partial charge in [-0.2, -0.15) is 0 Å². The van der Waals surface area contributed by atoms with Crippen LogP contribution in [0.15, 0.2) is 50.0 Å². The Morgan fingerprint density at radius 2 is 2.12 bits per heavy atom. The lowest BCUT2D eigenvalue weighted by molar-refractivity contribution is 0.0706. The molecule has 5 rings (SSSR count). The summed E-state index contributed by atoms with van der Waals surface area (Å²) in [5, 5.41) is 3.94. The summed E-state index contributed by atoms with van der Waals surface area (Å²) < 4.78 is 16.6. The first-order valence-corrected chi connectivity index (χ1v) is 9.09. The number of hydrogen-bond donors (Lipinski definition) is 0. The molecule has 2 aliphatic carbocycles. The summed E-state index contributed by atoms with van der Waals surface area (Å²) in [5.41, 5.74) is 0.297. The highest BCUT2D eigenvalue weighted by molar-refractivity contribution is 5.93. The van der Waals surface area contributed by atoms with E-state index in [0.29, 0.717) is 35.6 Å². The average molecular weight is 352 g/mol. The molecule has 2 atom stereocenters. The Hall–Kier alpha value is -2.76. The summed E-state index contributed by atoms with van der Waals surface area (Å²) in [7, 11) is 0. The van der Waals surface area contributed by atoms with Crippen molar-refractivity contribution in [3.8, 4) is 11.5 Å². The van der Waals surface area contributed by atoms with Gasteiger partial charge in [0.2, 0.25) is 5.76 Å². The monoisotopic (exact) mass is 352 g/mol. The molecule has 1 amide bonds. The third kappa shape index (κ3) is 2.85. The largest absolute Gasteiger partial charge is 0.464 e. The van der Waals surface area contributed by atoms with Crippen LogP contribution < -0.4 is 0 Å². The van der Waals surface area contributed by atoms with Crippen LogP contribution in [0.25, 0.3) is 11.5 Å². The molecule has 2 unspecified atom stereocenters. The van der Waals surface area contributed by atoms with Crippen molar-refractivity contribution in [2.45, 2.75) is 44.7 Å². The van der Waals surface area contributed by atoms with E-state index >= 15 is 0 Å². The van der Waals surface area contributed by atoms with Crippen molar-refractivity contribution in [2.24, 2.45) is 5.92 Å². The molecule has 0 bridgehead atoms. The Morgan fingerprint density at radius 1 is 1.27 bits per heavy atom. The molecule has 3 heterocycles. The van der Waals surface area contributed by atoms with Crippen molar-refractivity contribution < 1.29 is 18.2 Å². The number of nitrogens with zero attached hydrogens (tertiary/aromatic N) is 2. The second kappa shape index (κ2) is 5.90. The summed E-state index contributed by atoms with van der Waals surface area (Å²) in [6.45, 7) is 2.70. The normalized spacial score (nSPS) is 21.7. The molecule has 3 aromatic rings. The van der Waals surface area contributed by atoms with Crippen molar-refractivity contribution in [3.63, 3.8) is 0 Å². The maximum atomic E-state index is 12.9. The molecule has 2 fully saturated rings. The predicted octanol–water partition coefficient (Wildman–Crippen LogP) is 4.46. The molecule has 0 aromatic carbocycles. The maximum Gasteiger partial charge on any atom is 0.276 e. The topological polar surface area (TPSA) is 72.6 Å². The molecular formula is C20H20N2O4. The van der Waals surface area contributed by atoms with Gasteiger partial charge in [0.15, 0.2) is 11.5 Å². The minimum absolute atomic E-state index is 0.133. The van der Waals surface area contributed by atoms with Gasteiger partial charge in [-0.3, -0.25) is 4.79 Å². The van der Waals surface area contributed by atoms with E-state index in [9.17, 15) is 4.79 Å². The average Bonchev–Trinajstić information content (AvgIpc) is 3.38. The molecule has 0 N–H and O–H groups in total. The fourth-order valence-electron chi connectivity index (χ4n) is 3.38. The first-order valence-electron chi connectivity index (χ1n) is 9.09. The van der Waals surface area contributed by atoms with E-state index in [-0.39, 0.29) is 11.9 Å². The molecule has 26 heavy (non-hydrogen) atoms. The van der Waals surface area contributed by atoms with Gasteiger partial charge >= 0.3 is 0 Å². The molecule has 6 heteroatoms. The fourth-order valence-corrected chi connectivity index (χ4v) is 3.38. The molecular weight excluding hydrogens is 332 g/mol. The van der Waals surface area contributed by atoms with Crippen LogP contribution in [0.5, 0.6) is 0 Å². The minimum atomic E-state index is -0.133. The predicted molar refractivity (Wildman–Crippen MR) is 92.3 cm³/mol. The van der Waals surface area contributed by atoms with Gasteiger partial charge in [0.05, 0.1) is 12.8 Å². The van der Waals surface area contributed by atoms with Gasteiger partial charge in [-0.15, -0.1) is 0 Å². The first-order chi connectivity index (χ1) is 12.7. The number of furan rings is 2. The van der Waals surface area contributed by atoms with Crippen LogP contribution in [-0.4, -0.2) is 22.0 Å². The van der Waals surface area contributed by atoms with Gasteiger partial charge in [0, 0.05) is 18.0 Å². The van der Waals surface area contributed by atoms with Crippen LogP contribution in [0.3, 0.4) is 0 Å². The van der Waals surface area contributed by atoms with E-state index in [1.807, 2.05) is 17.0 Å². The van der Waals surface area contributed by atoms with Crippen LogP contribution in [-0.2, 0) is 6.54 Å². The summed E-state index contributed by atoms with van der Waals surface area (Å²) in [5.74, 6) is 3.99. The Morgan fingerprint density at radius 3 is 2.81 bits per heavy atom. The van der Waals surface area contributed by atoms with Crippen LogP contribution in [0.1, 0.15) is 54.1 Å². The quantitative estimate of drug-likeness (QED) is 0.655. The van der Waals surface area contributed by atoms with Crippen LogP contribution in [0.4, 0.5) is 0 Å². The molecule has 3 aromatic heterocycles. The number of amides is 1. The Balaban J connectivity index is 1.34. The molecule has 134 valence electrons. The summed E-state index contributed by atoms with van der Waals surface area (Å²) in [6.07, 6.45) is 4.78. The lowest BCUT2D eigenvalue weighted by Crippen LogP contribution is -2.32. The van der Waals surface area contributed by atoms with Gasteiger partial charge in [0.1, 0.15) is 11.5 Å². The first kappa shape index (κ1) is 15.5. The molecule has 2 aliphatic rings. The number of hydrogen-bond acceptors (Lipinski definition) is 5. The van der Waals surface area contributed by atoms with Crippen LogP contribution in [0.2, 0.25) is 0 Å². The van der Waals surface area contributed by atoms with Gasteiger partial charge in [-0.25, -0.2) is 0 Å². The zero-order valence-corrected chi connectivity index (χ0v) is 14.6. The lowest BCUT2D eigenvalue weighted by Gasteiger charge is -2.19. The third-order valence-corrected chi connectivity index (χ3v) is 5.23. The molecule has 0 radical (unpaired) electrons. The Labute approximate surface area is 150 Å². The fraction of sp³-hybridized carbons (Fsp3) is 0.400. The van der Waals surface area contributed by atoms with E-state index in [1.165, 1.54) is 6.42 Å². The Bertz CT molecular complexity index is 919. The SMILES string of the molecule is CC1CC1c1ccc(CN(C(=O)c2cc(-c3ccco3)on2)C2CC2)o1. The molecule has 0 saturated heterocycles. The van der Waals surface area contributed by atoms with Crippen LogP contribution in [0, 0.1) is 5.92 Å². The summed E-state index contributed by atoms with van der Waals surface area (Å²) in [4.78, 5) is 14.8. The van der Waals surface area contributed by atoms with E-state index in [2.05, 4.69) is 12.1 Å². The standard InChI is InChI=1S/C20H20N2O4/c1-12-9-15(12)17-7-6-14(25-17)11-22(13-4-5-13)20(23)16-10-19(26-21-16)18-3-2-8-24-18/h2-3,6-8,10,12-13,15H,4-5,9,11H2,1H3. The minimum Gasteiger partial charge on any atom is -0.464 e. The van der Waals surface area contributed by atoms with Crippen molar-refractivity contribution in [2.75, 3.05) is 0 Å². The highest BCUT2D eigenvalue weighted by atomic mass is 16.5. The highest BCUT2D eigenvalue weighted by Crippen LogP contribution is 2.47. The summed E-state index contributed by atoms with van der Waals surface area (Å²) >= 11 is 0. The van der Waals surface area contributed by atoms with Gasteiger partial charge in [-0.1, -0.05) is 12.1 Å². The van der Waals surface area contributed by atoms with Gasteiger partial charge in [0.25, 0.3) is 5.91 Å². The van der Waals surface area contributed by atoms with Crippen molar-refractivity contribution in [3.05, 3.63) is 53.8 Å². The van der Waals surface area contributed by atoms with Crippen LogP contribution >= 0.6 is 0 Å².